The van der Waals surface area contributed by atoms with Gasteiger partial charge < -0.3 is 4.74 Å². The number of hydrogen-bond acceptors (Lipinski definition) is 3. The fourth-order valence-electron chi connectivity index (χ4n) is 1.03. The molecule has 0 radical (unpaired) electrons. The van der Waals surface area contributed by atoms with Crippen LogP contribution in [-0.2, 0) is 6.18 Å². The first-order valence-electron chi connectivity index (χ1n) is 4.02. The third-order valence-corrected chi connectivity index (χ3v) is 1.70. The lowest BCUT2D eigenvalue weighted by molar-refractivity contribution is -0.386. The van der Waals surface area contributed by atoms with Gasteiger partial charge in [-0.3, -0.25) is 10.1 Å². The Labute approximate surface area is 90.8 Å². The van der Waals surface area contributed by atoms with Gasteiger partial charge in [-0.25, -0.2) is 0 Å². The largest absolute Gasteiger partial charge is 0.427 e. The zero-order valence-electron chi connectivity index (χ0n) is 7.87. The van der Waals surface area contributed by atoms with Gasteiger partial charge in [0.25, 0.3) is 0 Å². The van der Waals surface area contributed by atoms with E-state index in [-0.39, 0.29) is 6.07 Å². The maximum atomic E-state index is 12.2. The van der Waals surface area contributed by atoms with Gasteiger partial charge in [-0.15, -0.1) is 0 Å². The van der Waals surface area contributed by atoms with Crippen LogP contribution in [0, 0.1) is 10.1 Å². The molecule has 1 aromatic rings. The number of halogens is 5. The van der Waals surface area contributed by atoms with Crippen molar-refractivity contribution in [3.63, 3.8) is 0 Å². The summed E-state index contributed by atoms with van der Waals surface area (Å²) < 4.78 is 64.1. The van der Waals surface area contributed by atoms with Crippen molar-refractivity contribution in [3.05, 3.63) is 33.9 Å². The molecule has 0 saturated heterocycles. The summed E-state index contributed by atoms with van der Waals surface area (Å²) in [6, 6.07) is 1.03. The van der Waals surface area contributed by atoms with E-state index in [2.05, 4.69) is 4.74 Å². The molecule has 0 saturated carbocycles. The van der Waals surface area contributed by atoms with Crippen LogP contribution in [-0.4, -0.2) is 11.5 Å². The Hall–Kier alpha value is -1.93. The molecule has 4 nitrogen and oxygen atoms in total. The van der Waals surface area contributed by atoms with Crippen LogP contribution in [0.2, 0.25) is 0 Å². The highest BCUT2D eigenvalue weighted by Crippen LogP contribution is 2.36. The van der Waals surface area contributed by atoms with Crippen molar-refractivity contribution in [1.29, 1.82) is 0 Å². The van der Waals surface area contributed by atoms with Gasteiger partial charge in [-0.05, 0) is 12.1 Å². The van der Waals surface area contributed by atoms with E-state index in [0.29, 0.717) is 12.1 Å². The number of nitrogens with zero attached hydrogens (tertiary/aromatic N) is 1. The highest BCUT2D eigenvalue weighted by Gasteiger charge is 2.33. The minimum absolute atomic E-state index is 0.157. The fourth-order valence-corrected chi connectivity index (χ4v) is 1.03. The fraction of sp³-hybridized carbons (Fsp3) is 0.250. The third-order valence-electron chi connectivity index (χ3n) is 1.70. The second-order valence-electron chi connectivity index (χ2n) is 2.82. The zero-order chi connectivity index (χ0) is 13.2. The van der Waals surface area contributed by atoms with Crippen LogP contribution < -0.4 is 4.74 Å². The van der Waals surface area contributed by atoms with Gasteiger partial charge in [0.15, 0.2) is 0 Å². The Morgan fingerprint density at radius 1 is 1.29 bits per heavy atom. The van der Waals surface area contributed by atoms with Crippen molar-refractivity contribution in [3.8, 4) is 5.75 Å². The summed E-state index contributed by atoms with van der Waals surface area (Å²) in [4.78, 5) is 9.25. The van der Waals surface area contributed by atoms with Gasteiger partial charge in [0, 0.05) is 6.07 Å². The first-order valence-corrected chi connectivity index (χ1v) is 4.02. The van der Waals surface area contributed by atoms with Crippen LogP contribution >= 0.6 is 0 Å². The molecule has 1 rings (SSSR count). The third kappa shape index (κ3) is 3.26. The number of ether oxygens (including phenoxy) is 1. The molecule has 0 aliphatic carbocycles. The SMILES string of the molecule is O=[N+]([O-])c1ccc(C(F)(F)F)cc1OC(F)F. The lowest BCUT2D eigenvalue weighted by Crippen LogP contribution is -2.09. The first-order chi connectivity index (χ1) is 7.71. The summed E-state index contributed by atoms with van der Waals surface area (Å²) in [6.45, 7) is -3.45. The maximum Gasteiger partial charge on any atom is 0.416 e. The molecule has 0 spiro atoms. The number of nitro benzene ring substituents is 1. The van der Waals surface area contributed by atoms with E-state index in [1.54, 1.807) is 0 Å². The summed E-state index contributed by atoms with van der Waals surface area (Å²) >= 11 is 0. The standard InChI is InChI=1S/C8H4F5NO3/c9-7(10)17-6-3-4(8(11,12)13)1-2-5(6)14(15)16/h1-3,7H. The van der Waals surface area contributed by atoms with Crippen molar-refractivity contribution < 1.29 is 31.6 Å². The molecule has 1 aromatic carbocycles. The van der Waals surface area contributed by atoms with Gasteiger partial charge in [0.05, 0.1) is 10.5 Å². The second-order valence-corrected chi connectivity index (χ2v) is 2.82. The van der Waals surface area contributed by atoms with Crippen molar-refractivity contribution in [2.24, 2.45) is 0 Å². The monoisotopic (exact) mass is 257 g/mol. The van der Waals surface area contributed by atoms with Gasteiger partial charge in [0.2, 0.25) is 5.75 Å². The van der Waals surface area contributed by atoms with Crippen molar-refractivity contribution in [2.75, 3.05) is 0 Å². The Balaban J connectivity index is 3.24. The van der Waals surface area contributed by atoms with E-state index in [1.807, 2.05) is 0 Å². The van der Waals surface area contributed by atoms with Gasteiger partial charge in [0.1, 0.15) is 0 Å². The predicted molar refractivity (Wildman–Crippen MR) is 44.7 cm³/mol. The van der Waals surface area contributed by atoms with E-state index in [1.165, 1.54) is 0 Å². The highest BCUT2D eigenvalue weighted by molar-refractivity contribution is 5.49. The average molecular weight is 257 g/mol. The van der Waals surface area contributed by atoms with E-state index < -0.39 is 34.7 Å². The Bertz CT molecular complexity index is 432. The maximum absolute atomic E-state index is 12.2. The number of alkyl halides is 5. The molecule has 0 amide bonds. The predicted octanol–water partition coefficient (Wildman–Crippen LogP) is 3.22. The number of benzene rings is 1. The average Bonchev–Trinajstić information content (AvgIpc) is 2.14. The van der Waals surface area contributed by atoms with Crippen LogP contribution in [0.15, 0.2) is 18.2 Å². The molecule has 0 aromatic heterocycles. The highest BCUT2D eigenvalue weighted by atomic mass is 19.4. The summed E-state index contributed by atoms with van der Waals surface area (Å²) in [5.41, 5.74) is -2.27. The molecule has 0 heterocycles. The van der Waals surface area contributed by atoms with Crippen LogP contribution in [0.4, 0.5) is 27.6 Å². The Morgan fingerprint density at radius 3 is 2.29 bits per heavy atom. The number of nitro groups is 1. The van der Waals surface area contributed by atoms with E-state index in [9.17, 15) is 32.1 Å². The van der Waals surface area contributed by atoms with Crippen molar-refractivity contribution in [1.82, 2.24) is 0 Å². The number of hydrogen-bond donors (Lipinski definition) is 0. The minimum atomic E-state index is -4.80. The number of rotatable bonds is 3. The van der Waals surface area contributed by atoms with E-state index in [0.717, 1.165) is 0 Å². The molecule has 0 fully saturated rings. The summed E-state index contributed by atoms with van der Waals surface area (Å²) in [7, 11) is 0. The van der Waals surface area contributed by atoms with Crippen LogP contribution in [0.25, 0.3) is 0 Å². The normalized spacial score (nSPS) is 11.6. The molecule has 0 aliphatic rings. The lowest BCUT2D eigenvalue weighted by atomic mass is 10.2. The summed E-state index contributed by atoms with van der Waals surface area (Å²) in [5.74, 6) is -1.13. The van der Waals surface area contributed by atoms with Crippen molar-refractivity contribution >= 4 is 5.69 Å². The zero-order valence-corrected chi connectivity index (χ0v) is 7.87. The Morgan fingerprint density at radius 2 is 1.88 bits per heavy atom. The molecular formula is C8H4F5NO3. The molecule has 17 heavy (non-hydrogen) atoms. The second kappa shape index (κ2) is 4.52. The first kappa shape index (κ1) is 13.1. The lowest BCUT2D eigenvalue weighted by Gasteiger charge is -2.09. The van der Waals surface area contributed by atoms with Crippen molar-refractivity contribution in [2.45, 2.75) is 12.8 Å². The van der Waals surface area contributed by atoms with Crippen LogP contribution in [0.5, 0.6) is 5.75 Å². The summed E-state index contributed by atoms with van der Waals surface area (Å²) in [5, 5.41) is 10.4. The van der Waals surface area contributed by atoms with E-state index >= 15 is 0 Å². The van der Waals surface area contributed by atoms with Gasteiger partial charge in [-0.2, -0.15) is 22.0 Å². The molecule has 0 N–H and O–H groups in total. The molecule has 0 bridgehead atoms. The van der Waals surface area contributed by atoms with Gasteiger partial charge in [-0.1, -0.05) is 0 Å². The minimum Gasteiger partial charge on any atom is -0.427 e. The quantitative estimate of drug-likeness (QED) is 0.474. The Kier molecular flexibility index (Phi) is 3.49. The molecule has 0 unspecified atom stereocenters. The smallest absolute Gasteiger partial charge is 0.416 e. The van der Waals surface area contributed by atoms with Crippen LogP contribution in [0.1, 0.15) is 5.56 Å². The molecule has 94 valence electrons. The summed E-state index contributed by atoms with van der Waals surface area (Å²) in [6.07, 6.45) is -4.80. The molecule has 0 aliphatic heterocycles. The van der Waals surface area contributed by atoms with Crippen LogP contribution in [0.3, 0.4) is 0 Å². The van der Waals surface area contributed by atoms with E-state index in [4.69, 9.17) is 0 Å². The molecule has 0 atom stereocenters. The van der Waals surface area contributed by atoms with Gasteiger partial charge >= 0.3 is 18.5 Å². The topological polar surface area (TPSA) is 52.4 Å². The molecule has 9 heteroatoms. The molecular weight excluding hydrogens is 253 g/mol.